The third kappa shape index (κ3) is 7.59. The zero-order valence-corrected chi connectivity index (χ0v) is 27.4. The van der Waals surface area contributed by atoms with Crippen LogP contribution in [0.2, 0.25) is 0 Å². The molecule has 2 aromatic heterocycles. The van der Waals surface area contributed by atoms with Crippen molar-refractivity contribution in [2.75, 3.05) is 24.5 Å². The molecule has 1 N–H and O–H groups in total. The average Bonchev–Trinajstić information content (AvgIpc) is 3.17. The number of carbonyl (C=O) groups excluding carboxylic acids is 4. The van der Waals surface area contributed by atoms with Gasteiger partial charge in [0.1, 0.15) is 12.1 Å². The van der Waals surface area contributed by atoms with Gasteiger partial charge >= 0.3 is 0 Å². The minimum absolute atomic E-state index is 0.0313. The van der Waals surface area contributed by atoms with Gasteiger partial charge in [0.2, 0.25) is 11.8 Å². The molecular weight excluding hydrogens is 616 g/mol. The van der Waals surface area contributed by atoms with Gasteiger partial charge in [-0.05, 0) is 85.7 Å². The summed E-state index contributed by atoms with van der Waals surface area (Å²) in [5.41, 5.74) is 3.52. The van der Waals surface area contributed by atoms with Gasteiger partial charge in [-0.3, -0.25) is 34.0 Å². The molecule has 2 aromatic carbocycles. The number of amides is 4. The number of piperidine rings is 2. The van der Waals surface area contributed by atoms with Crippen molar-refractivity contribution in [2.45, 2.75) is 50.2 Å². The molecular formula is C39H40N6O4. The first-order chi connectivity index (χ1) is 23.9. The van der Waals surface area contributed by atoms with E-state index in [1.165, 1.54) is 11.0 Å². The van der Waals surface area contributed by atoms with E-state index in [0.29, 0.717) is 55.7 Å². The topological polar surface area (TPSA) is 116 Å². The van der Waals surface area contributed by atoms with Crippen molar-refractivity contribution in [2.24, 2.45) is 0 Å². The Morgan fingerprint density at radius 3 is 2.16 bits per heavy atom. The number of carbonyl (C=O) groups is 4. The van der Waals surface area contributed by atoms with Crippen LogP contribution in [-0.2, 0) is 14.4 Å². The first-order valence-corrected chi connectivity index (χ1v) is 16.8. The smallest absolute Gasteiger partial charge is 0.253 e. The first kappa shape index (κ1) is 33.3. The molecule has 49 heavy (non-hydrogen) atoms. The lowest BCUT2D eigenvalue weighted by atomic mass is 9.96. The molecule has 2 aliphatic rings. The Labute approximate surface area is 286 Å². The number of hydrogen-bond acceptors (Lipinski definition) is 6. The molecule has 2 fully saturated rings. The monoisotopic (exact) mass is 656 g/mol. The van der Waals surface area contributed by atoms with Crippen molar-refractivity contribution in [3.05, 3.63) is 127 Å². The highest BCUT2D eigenvalue weighted by atomic mass is 16.2. The average molecular weight is 657 g/mol. The van der Waals surface area contributed by atoms with Crippen molar-refractivity contribution in [3.63, 3.8) is 0 Å². The van der Waals surface area contributed by atoms with E-state index in [9.17, 15) is 19.2 Å². The zero-order valence-electron chi connectivity index (χ0n) is 27.4. The van der Waals surface area contributed by atoms with E-state index in [4.69, 9.17) is 0 Å². The summed E-state index contributed by atoms with van der Waals surface area (Å²) in [4.78, 5) is 68.7. The van der Waals surface area contributed by atoms with Gasteiger partial charge in [0.15, 0.2) is 0 Å². The fraction of sp³-hybridized carbons (Fsp3) is 0.282. The quantitative estimate of drug-likeness (QED) is 0.248. The molecule has 0 bridgehead atoms. The highest BCUT2D eigenvalue weighted by Crippen LogP contribution is 2.33. The van der Waals surface area contributed by atoms with Crippen LogP contribution < -0.4 is 10.2 Å². The molecule has 0 aliphatic carbocycles. The van der Waals surface area contributed by atoms with Crippen LogP contribution in [0.15, 0.2) is 116 Å². The molecule has 4 heterocycles. The lowest BCUT2D eigenvalue weighted by Crippen LogP contribution is -2.56. The molecule has 2 saturated heterocycles. The van der Waals surface area contributed by atoms with Crippen LogP contribution in [0.5, 0.6) is 0 Å². The molecule has 0 radical (unpaired) electrons. The number of aromatic nitrogens is 2. The lowest BCUT2D eigenvalue weighted by Gasteiger charge is -2.40. The Hall–Kier alpha value is -5.64. The maximum absolute atomic E-state index is 14.8. The summed E-state index contributed by atoms with van der Waals surface area (Å²) in [5.74, 6) is -1.06. The zero-order chi connectivity index (χ0) is 34.2. The highest BCUT2D eigenvalue weighted by molar-refractivity contribution is 6.05. The van der Waals surface area contributed by atoms with Crippen LogP contribution in [0, 0.1) is 0 Å². The second-order valence-electron chi connectivity index (χ2n) is 12.4. The van der Waals surface area contributed by atoms with E-state index in [0.717, 1.165) is 24.0 Å². The largest absolute Gasteiger partial charge is 0.351 e. The molecule has 6 rings (SSSR count). The third-order valence-electron chi connectivity index (χ3n) is 9.28. The van der Waals surface area contributed by atoms with Gasteiger partial charge in [0.05, 0.1) is 0 Å². The van der Waals surface area contributed by atoms with E-state index in [1.807, 2.05) is 59.5 Å². The van der Waals surface area contributed by atoms with Crippen LogP contribution in [0.25, 0.3) is 11.1 Å². The number of hydrogen-bond donors (Lipinski definition) is 1. The fourth-order valence-corrected chi connectivity index (χ4v) is 6.71. The predicted molar refractivity (Wildman–Crippen MR) is 187 cm³/mol. The summed E-state index contributed by atoms with van der Waals surface area (Å²) in [6.45, 7) is 5.08. The SMILES string of the molecule is C=CC(=O)N1CCCCC1C(=O)N(c1ccc(-c2cccnc2)cc1)C(C(=O)NC1CCN(C(=O)c2ccccc2)CC1)c1cccnc1. The Morgan fingerprint density at radius 1 is 0.796 bits per heavy atom. The molecule has 4 aromatic rings. The van der Waals surface area contributed by atoms with Gasteiger partial charge < -0.3 is 15.1 Å². The van der Waals surface area contributed by atoms with Gasteiger partial charge in [0.25, 0.3) is 11.8 Å². The summed E-state index contributed by atoms with van der Waals surface area (Å²) in [6.07, 6.45) is 11.1. The summed E-state index contributed by atoms with van der Waals surface area (Å²) >= 11 is 0. The predicted octanol–water partition coefficient (Wildman–Crippen LogP) is 5.21. The number of nitrogens with one attached hydrogen (secondary N) is 1. The third-order valence-corrected chi connectivity index (χ3v) is 9.28. The van der Waals surface area contributed by atoms with Crippen molar-refractivity contribution >= 4 is 29.3 Å². The van der Waals surface area contributed by atoms with Gasteiger partial charge in [0, 0.05) is 67.3 Å². The van der Waals surface area contributed by atoms with Crippen LogP contribution in [0.4, 0.5) is 5.69 Å². The van der Waals surface area contributed by atoms with Crippen LogP contribution >= 0.6 is 0 Å². The molecule has 2 aliphatic heterocycles. The summed E-state index contributed by atoms with van der Waals surface area (Å²) in [6, 6.07) is 21.9. The number of anilines is 1. The van der Waals surface area contributed by atoms with Gasteiger partial charge in [-0.25, -0.2) is 0 Å². The van der Waals surface area contributed by atoms with E-state index in [1.54, 1.807) is 54.0 Å². The number of rotatable bonds is 9. The minimum atomic E-state index is -1.07. The van der Waals surface area contributed by atoms with Crippen LogP contribution in [0.1, 0.15) is 54.1 Å². The normalized spacial score (nSPS) is 17.1. The summed E-state index contributed by atoms with van der Waals surface area (Å²) in [7, 11) is 0. The Kier molecular flexibility index (Phi) is 10.5. The molecule has 2 unspecified atom stereocenters. The molecule has 250 valence electrons. The van der Waals surface area contributed by atoms with Gasteiger partial charge in [-0.15, -0.1) is 0 Å². The van der Waals surface area contributed by atoms with Gasteiger partial charge in [-0.1, -0.05) is 49.0 Å². The second-order valence-corrected chi connectivity index (χ2v) is 12.4. The molecule has 4 amide bonds. The Bertz CT molecular complexity index is 1760. The molecule has 10 heteroatoms. The number of likely N-dealkylation sites (tertiary alicyclic amines) is 2. The molecule has 0 spiro atoms. The minimum Gasteiger partial charge on any atom is -0.351 e. The first-order valence-electron chi connectivity index (χ1n) is 16.8. The number of nitrogens with zero attached hydrogens (tertiary/aromatic N) is 5. The second kappa shape index (κ2) is 15.5. The van der Waals surface area contributed by atoms with Crippen molar-refractivity contribution in [1.82, 2.24) is 25.1 Å². The van der Waals surface area contributed by atoms with Crippen molar-refractivity contribution < 1.29 is 19.2 Å². The number of benzene rings is 2. The molecule has 10 nitrogen and oxygen atoms in total. The Balaban J connectivity index is 1.31. The van der Waals surface area contributed by atoms with Gasteiger partial charge in [-0.2, -0.15) is 0 Å². The van der Waals surface area contributed by atoms with E-state index >= 15 is 0 Å². The summed E-state index contributed by atoms with van der Waals surface area (Å²) in [5, 5.41) is 3.20. The van der Waals surface area contributed by atoms with Crippen molar-refractivity contribution in [1.29, 1.82) is 0 Å². The number of pyridine rings is 2. The van der Waals surface area contributed by atoms with E-state index in [2.05, 4.69) is 21.9 Å². The maximum Gasteiger partial charge on any atom is 0.253 e. The van der Waals surface area contributed by atoms with Crippen molar-refractivity contribution in [3.8, 4) is 11.1 Å². The summed E-state index contributed by atoms with van der Waals surface area (Å²) < 4.78 is 0. The van der Waals surface area contributed by atoms with Crippen LogP contribution in [-0.4, -0.2) is 75.1 Å². The molecule has 0 saturated carbocycles. The van der Waals surface area contributed by atoms with Crippen LogP contribution in [0.3, 0.4) is 0 Å². The fourth-order valence-electron chi connectivity index (χ4n) is 6.71. The van der Waals surface area contributed by atoms with E-state index in [-0.39, 0.29) is 29.7 Å². The lowest BCUT2D eigenvalue weighted by molar-refractivity contribution is -0.138. The maximum atomic E-state index is 14.8. The Morgan fingerprint density at radius 2 is 1.51 bits per heavy atom. The molecule has 2 atom stereocenters. The highest BCUT2D eigenvalue weighted by Gasteiger charge is 2.41. The standard InChI is InChI=1S/C39H40N6O4/c1-2-35(46)44-23-7-6-14-34(44)39(49)45(33-17-15-28(16-18-33)30-12-8-21-40-26-30)36(31-13-9-22-41-27-31)37(47)42-32-19-24-43(25-20-32)38(48)29-10-4-3-5-11-29/h2-5,8-13,15-18,21-22,26-27,32,34,36H,1,6-7,14,19-20,23-25H2,(H,42,47). The van der Waals surface area contributed by atoms with E-state index < -0.39 is 12.1 Å².